The van der Waals surface area contributed by atoms with Gasteiger partial charge < -0.3 is 10.2 Å². The number of rotatable bonds is 2. The van der Waals surface area contributed by atoms with Crippen molar-refractivity contribution in [2.24, 2.45) is 0 Å². The number of amides is 2. The lowest BCUT2D eigenvalue weighted by Crippen LogP contribution is -2.56. The van der Waals surface area contributed by atoms with E-state index in [0.717, 1.165) is 42.8 Å². The van der Waals surface area contributed by atoms with Crippen LogP contribution in [0.3, 0.4) is 0 Å². The zero-order chi connectivity index (χ0) is 23.2. The third-order valence-electron chi connectivity index (χ3n) is 6.15. The number of carbonyl (C=O) groups is 1. The summed E-state index contributed by atoms with van der Waals surface area (Å²) in [6.45, 7) is 3.41. The number of urea groups is 1. The van der Waals surface area contributed by atoms with Gasteiger partial charge in [0.05, 0.1) is 23.0 Å². The summed E-state index contributed by atoms with van der Waals surface area (Å²) in [5.41, 5.74) is 2.30. The Bertz CT molecular complexity index is 1210. The molecule has 0 radical (unpaired) electrons. The van der Waals surface area contributed by atoms with E-state index in [1.54, 1.807) is 35.5 Å². The molecular formula is C24H22F3N5O. The van der Waals surface area contributed by atoms with Gasteiger partial charge >= 0.3 is 12.2 Å². The number of nitrogens with one attached hydrogen (secondary N) is 1. The van der Waals surface area contributed by atoms with Gasteiger partial charge in [-0.3, -0.25) is 9.88 Å². The maximum absolute atomic E-state index is 13.4. The van der Waals surface area contributed by atoms with Gasteiger partial charge in [-0.15, -0.1) is 0 Å². The van der Waals surface area contributed by atoms with Crippen LogP contribution in [-0.2, 0) is 6.18 Å². The number of nitrogens with zero attached hydrogens (tertiary/aromatic N) is 4. The molecule has 2 bridgehead atoms. The molecule has 2 aliphatic rings. The first kappa shape index (κ1) is 21.2. The number of alkyl halides is 3. The van der Waals surface area contributed by atoms with Crippen molar-refractivity contribution in [2.75, 3.05) is 28.2 Å². The first-order valence-corrected chi connectivity index (χ1v) is 10.8. The van der Waals surface area contributed by atoms with Crippen molar-refractivity contribution >= 4 is 23.2 Å². The lowest BCUT2D eigenvalue weighted by Gasteiger charge is -2.46. The fraction of sp³-hybridized carbons (Fsp3) is 0.292. The Kier molecular flexibility index (Phi) is 5.19. The van der Waals surface area contributed by atoms with Gasteiger partial charge in [0.25, 0.3) is 0 Å². The lowest BCUT2D eigenvalue weighted by atomic mass is 9.99. The van der Waals surface area contributed by atoms with Crippen LogP contribution in [0.1, 0.15) is 24.0 Å². The number of hydrogen-bond donors (Lipinski definition) is 1. The molecular weight excluding hydrogens is 431 g/mol. The Hall–Kier alpha value is -3.62. The van der Waals surface area contributed by atoms with Gasteiger partial charge in [-0.05, 0) is 55.7 Å². The SMILES string of the molecule is Cc1cnccc1NC(=O)N1c2nc(-c3cccc(C(F)(F)F)c3)ccc2N2CCC[C@H]1C2. The van der Waals surface area contributed by atoms with Crippen molar-refractivity contribution in [3.63, 3.8) is 0 Å². The average Bonchev–Trinajstić information content (AvgIpc) is 2.80. The number of fused-ring (bicyclic) bond motifs is 4. The molecule has 0 spiro atoms. The van der Waals surface area contributed by atoms with Crippen LogP contribution >= 0.6 is 0 Å². The minimum atomic E-state index is -4.44. The van der Waals surface area contributed by atoms with Gasteiger partial charge in [-0.2, -0.15) is 13.2 Å². The van der Waals surface area contributed by atoms with E-state index in [4.69, 9.17) is 4.98 Å². The Morgan fingerprint density at radius 1 is 1.18 bits per heavy atom. The number of hydrogen-bond acceptors (Lipinski definition) is 4. The summed E-state index contributed by atoms with van der Waals surface area (Å²) in [6, 6.07) is 10.00. The summed E-state index contributed by atoms with van der Waals surface area (Å²) in [6.07, 6.45) is 0.609. The predicted molar refractivity (Wildman–Crippen MR) is 120 cm³/mol. The van der Waals surface area contributed by atoms with Crippen molar-refractivity contribution in [3.8, 4) is 11.3 Å². The standard InChI is InChI=1S/C24H22F3N5O/c1-15-13-28-10-9-19(15)30-23(33)32-18-6-3-11-31(14-18)21-8-7-20(29-22(21)32)16-4-2-5-17(12-16)24(25,26)27/h2,4-5,7-10,12-13,18H,3,6,11,14H2,1H3,(H,28,30,33)/t18-/m0/s1. The average molecular weight is 453 g/mol. The summed E-state index contributed by atoms with van der Waals surface area (Å²) in [5.74, 6) is 0.463. The van der Waals surface area contributed by atoms with Crippen LogP contribution in [0.2, 0.25) is 0 Å². The number of aromatic nitrogens is 2. The maximum atomic E-state index is 13.4. The molecule has 5 rings (SSSR count). The largest absolute Gasteiger partial charge is 0.416 e. The molecule has 3 aromatic rings. The highest BCUT2D eigenvalue weighted by Gasteiger charge is 2.38. The van der Waals surface area contributed by atoms with Crippen LogP contribution in [-0.4, -0.2) is 35.1 Å². The molecule has 1 fully saturated rings. The van der Waals surface area contributed by atoms with Crippen LogP contribution in [0, 0.1) is 6.92 Å². The number of aryl methyl sites for hydroxylation is 1. The van der Waals surface area contributed by atoms with Crippen molar-refractivity contribution in [1.29, 1.82) is 0 Å². The fourth-order valence-corrected chi connectivity index (χ4v) is 4.49. The molecule has 1 saturated heterocycles. The molecule has 6 nitrogen and oxygen atoms in total. The van der Waals surface area contributed by atoms with E-state index in [-0.39, 0.29) is 12.1 Å². The molecule has 0 saturated carbocycles. The van der Waals surface area contributed by atoms with E-state index in [1.165, 1.54) is 6.07 Å². The van der Waals surface area contributed by atoms with Crippen LogP contribution in [0.4, 0.5) is 35.2 Å². The van der Waals surface area contributed by atoms with Gasteiger partial charge in [0.2, 0.25) is 0 Å². The molecule has 170 valence electrons. The summed E-state index contributed by atoms with van der Waals surface area (Å²) < 4.78 is 39.7. The Morgan fingerprint density at radius 3 is 2.82 bits per heavy atom. The topological polar surface area (TPSA) is 61.4 Å². The second-order valence-electron chi connectivity index (χ2n) is 8.35. The highest BCUT2D eigenvalue weighted by atomic mass is 19.4. The maximum Gasteiger partial charge on any atom is 0.416 e. The zero-order valence-electron chi connectivity index (χ0n) is 17.9. The molecule has 0 aliphatic carbocycles. The molecule has 2 aliphatic heterocycles. The number of benzene rings is 1. The van der Waals surface area contributed by atoms with E-state index in [0.29, 0.717) is 29.3 Å². The van der Waals surface area contributed by atoms with Crippen molar-refractivity contribution in [2.45, 2.75) is 32.0 Å². The lowest BCUT2D eigenvalue weighted by molar-refractivity contribution is -0.137. The molecule has 0 unspecified atom stereocenters. The summed E-state index contributed by atoms with van der Waals surface area (Å²) in [7, 11) is 0. The van der Waals surface area contributed by atoms with E-state index in [1.807, 2.05) is 13.0 Å². The van der Waals surface area contributed by atoms with E-state index >= 15 is 0 Å². The molecule has 33 heavy (non-hydrogen) atoms. The summed E-state index contributed by atoms with van der Waals surface area (Å²) in [5, 5.41) is 2.95. The van der Waals surface area contributed by atoms with Gasteiger partial charge in [0.15, 0.2) is 5.82 Å². The third-order valence-corrected chi connectivity index (χ3v) is 6.15. The molecule has 2 amide bonds. The highest BCUT2D eigenvalue weighted by Crippen LogP contribution is 2.40. The van der Waals surface area contributed by atoms with Crippen LogP contribution < -0.4 is 15.1 Å². The second kappa shape index (κ2) is 8.06. The predicted octanol–water partition coefficient (Wildman–Crippen LogP) is 5.49. The van der Waals surface area contributed by atoms with Gasteiger partial charge in [-0.25, -0.2) is 9.78 Å². The molecule has 1 atom stereocenters. The van der Waals surface area contributed by atoms with Crippen LogP contribution in [0.15, 0.2) is 54.9 Å². The van der Waals surface area contributed by atoms with Crippen molar-refractivity contribution in [1.82, 2.24) is 9.97 Å². The smallest absolute Gasteiger partial charge is 0.366 e. The third kappa shape index (κ3) is 3.99. The molecule has 2 aromatic heterocycles. The molecule has 9 heteroatoms. The molecule has 1 aromatic carbocycles. The Balaban J connectivity index is 1.55. The van der Waals surface area contributed by atoms with E-state index in [2.05, 4.69) is 15.2 Å². The second-order valence-corrected chi connectivity index (χ2v) is 8.35. The number of anilines is 3. The summed E-state index contributed by atoms with van der Waals surface area (Å²) >= 11 is 0. The monoisotopic (exact) mass is 453 g/mol. The number of piperidine rings is 1. The van der Waals surface area contributed by atoms with E-state index in [9.17, 15) is 18.0 Å². The van der Waals surface area contributed by atoms with Crippen LogP contribution in [0.25, 0.3) is 11.3 Å². The number of halogens is 3. The van der Waals surface area contributed by atoms with Gasteiger partial charge in [-0.1, -0.05) is 12.1 Å². The van der Waals surface area contributed by atoms with Crippen molar-refractivity contribution in [3.05, 3.63) is 66.0 Å². The zero-order valence-corrected chi connectivity index (χ0v) is 17.9. The summed E-state index contributed by atoms with van der Waals surface area (Å²) in [4.78, 5) is 26.0. The van der Waals surface area contributed by atoms with Gasteiger partial charge in [0, 0.05) is 36.7 Å². The van der Waals surface area contributed by atoms with Gasteiger partial charge in [0.1, 0.15) is 0 Å². The first-order valence-electron chi connectivity index (χ1n) is 10.8. The normalized spacial score (nSPS) is 17.5. The Labute approximate surface area is 189 Å². The molecule has 4 heterocycles. The van der Waals surface area contributed by atoms with Crippen molar-refractivity contribution < 1.29 is 18.0 Å². The first-order chi connectivity index (χ1) is 15.8. The minimum absolute atomic E-state index is 0.0716. The fourth-order valence-electron chi connectivity index (χ4n) is 4.49. The van der Waals surface area contributed by atoms with Crippen LogP contribution in [0.5, 0.6) is 0 Å². The number of pyridine rings is 2. The Morgan fingerprint density at radius 2 is 2.03 bits per heavy atom. The highest BCUT2D eigenvalue weighted by molar-refractivity contribution is 6.04. The number of carbonyl (C=O) groups excluding carboxylic acids is 1. The quantitative estimate of drug-likeness (QED) is 0.557. The minimum Gasteiger partial charge on any atom is -0.366 e. The van der Waals surface area contributed by atoms with E-state index < -0.39 is 11.7 Å². The molecule has 1 N–H and O–H groups in total.